The van der Waals surface area contributed by atoms with Gasteiger partial charge in [0.1, 0.15) is 5.82 Å². The lowest BCUT2D eigenvalue weighted by Gasteiger charge is -2.03. The highest BCUT2D eigenvalue weighted by molar-refractivity contribution is 9.09. The highest BCUT2D eigenvalue weighted by Gasteiger charge is 2.04. The first kappa shape index (κ1) is 13.3. The van der Waals surface area contributed by atoms with Gasteiger partial charge in [0.15, 0.2) is 5.78 Å². The molecule has 0 bridgehead atoms. The van der Waals surface area contributed by atoms with E-state index < -0.39 is 0 Å². The fourth-order valence-electron chi connectivity index (χ4n) is 1.42. The van der Waals surface area contributed by atoms with Gasteiger partial charge in [-0.25, -0.2) is 4.39 Å². The quantitative estimate of drug-likeness (QED) is 0.606. The molecular weight excluding hydrogens is 315 g/mol. The van der Waals surface area contributed by atoms with Crippen molar-refractivity contribution in [3.63, 3.8) is 0 Å². The fourth-order valence-corrected chi connectivity index (χ4v) is 2.56. The molecule has 0 radical (unpaired) electrons. The normalized spacial score (nSPS) is 10.3. The number of carbonyl (C=O) groups is 1. The minimum atomic E-state index is -0.238. The van der Waals surface area contributed by atoms with Crippen LogP contribution in [-0.2, 0) is 0 Å². The SMILES string of the molecule is O=C(CBr)c1ccc(Sc2ccc(F)cc2)cc1. The number of hydrogen-bond acceptors (Lipinski definition) is 2. The third kappa shape index (κ3) is 3.43. The van der Waals surface area contributed by atoms with Crippen LogP contribution in [0.15, 0.2) is 58.3 Å². The number of carbonyl (C=O) groups excluding carboxylic acids is 1. The number of alkyl halides is 1. The van der Waals surface area contributed by atoms with Crippen molar-refractivity contribution in [1.82, 2.24) is 0 Å². The molecule has 0 N–H and O–H groups in total. The predicted molar refractivity (Wildman–Crippen MR) is 75.1 cm³/mol. The van der Waals surface area contributed by atoms with Gasteiger partial charge in [-0.05, 0) is 36.4 Å². The molecule has 2 rings (SSSR count). The van der Waals surface area contributed by atoms with E-state index in [4.69, 9.17) is 0 Å². The summed E-state index contributed by atoms with van der Waals surface area (Å²) < 4.78 is 12.8. The Kier molecular flexibility index (Phi) is 4.55. The number of Topliss-reactive ketones (excluding diaryl/α,β-unsaturated/α-hetero) is 1. The predicted octanol–water partition coefficient (Wildman–Crippen LogP) is 4.55. The molecule has 0 aliphatic carbocycles. The maximum absolute atomic E-state index is 12.8. The van der Waals surface area contributed by atoms with E-state index in [1.54, 1.807) is 24.3 Å². The fraction of sp³-hybridized carbons (Fsp3) is 0.0714. The van der Waals surface area contributed by atoms with Crippen LogP contribution in [-0.4, -0.2) is 11.1 Å². The van der Waals surface area contributed by atoms with Gasteiger partial charge in [0.25, 0.3) is 0 Å². The van der Waals surface area contributed by atoms with E-state index in [0.29, 0.717) is 10.9 Å². The summed E-state index contributed by atoms with van der Waals surface area (Å²) in [5, 5.41) is 0.331. The van der Waals surface area contributed by atoms with Gasteiger partial charge in [-0.1, -0.05) is 39.8 Å². The molecular formula is C14H10BrFOS. The van der Waals surface area contributed by atoms with Crippen molar-refractivity contribution in [2.75, 3.05) is 5.33 Å². The summed E-state index contributed by atoms with van der Waals surface area (Å²) in [6.07, 6.45) is 0. The summed E-state index contributed by atoms with van der Waals surface area (Å²) in [6, 6.07) is 13.7. The molecule has 92 valence electrons. The highest BCUT2D eigenvalue weighted by Crippen LogP contribution is 2.27. The molecule has 2 aromatic rings. The lowest BCUT2D eigenvalue weighted by atomic mass is 10.2. The van der Waals surface area contributed by atoms with Crippen LogP contribution in [0.4, 0.5) is 4.39 Å². The minimum absolute atomic E-state index is 0.0633. The van der Waals surface area contributed by atoms with Gasteiger partial charge in [0.05, 0.1) is 5.33 Å². The average molecular weight is 325 g/mol. The van der Waals surface area contributed by atoms with E-state index >= 15 is 0 Å². The zero-order chi connectivity index (χ0) is 13.0. The van der Waals surface area contributed by atoms with Crippen LogP contribution in [0.1, 0.15) is 10.4 Å². The van der Waals surface area contributed by atoms with Crippen LogP contribution < -0.4 is 0 Å². The molecule has 0 fully saturated rings. The molecule has 0 unspecified atom stereocenters. The van der Waals surface area contributed by atoms with Crippen LogP contribution >= 0.6 is 27.7 Å². The first-order valence-electron chi connectivity index (χ1n) is 5.31. The lowest BCUT2D eigenvalue weighted by molar-refractivity contribution is 0.102. The Morgan fingerprint density at radius 1 is 1.00 bits per heavy atom. The molecule has 0 spiro atoms. The highest BCUT2D eigenvalue weighted by atomic mass is 79.9. The molecule has 4 heteroatoms. The molecule has 0 aliphatic heterocycles. The molecule has 0 aliphatic rings. The van der Waals surface area contributed by atoms with Crippen molar-refractivity contribution in [2.24, 2.45) is 0 Å². The van der Waals surface area contributed by atoms with Crippen molar-refractivity contribution >= 4 is 33.5 Å². The lowest BCUT2D eigenvalue weighted by Crippen LogP contribution is -1.98. The second-order valence-corrected chi connectivity index (χ2v) is 5.34. The topological polar surface area (TPSA) is 17.1 Å². The maximum atomic E-state index is 12.8. The number of rotatable bonds is 4. The van der Waals surface area contributed by atoms with Crippen molar-refractivity contribution < 1.29 is 9.18 Å². The molecule has 18 heavy (non-hydrogen) atoms. The number of ketones is 1. The first-order valence-corrected chi connectivity index (χ1v) is 7.25. The monoisotopic (exact) mass is 324 g/mol. The Balaban J connectivity index is 2.10. The van der Waals surface area contributed by atoms with Crippen molar-refractivity contribution in [3.05, 3.63) is 59.9 Å². The van der Waals surface area contributed by atoms with E-state index in [2.05, 4.69) is 15.9 Å². The van der Waals surface area contributed by atoms with Crippen LogP contribution in [0.3, 0.4) is 0 Å². The van der Waals surface area contributed by atoms with E-state index in [0.717, 1.165) is 9.79 Å². The Labute approximate surface area is 118 Å². The molecule has 0 saturated carbocycles. The third-order valence-corrected chi connectivity index (χ3v) is 3.87. The second-order valence-electron chi connectivity index (χ2n) is 3.64. The van der Waals surface area contributed by atoms with E-state index in [1.165, 1.54) is 23.9 Å². The van der Waals surface area contributed by atoms with E-state index in [1.807, 2.05) is 12.1 Å². The smallest absolute Gasteiger partial charge is 0.173 e. The number of benzene rings is 2. The molecule has 0 saturated heterocycles. The van der Waals surface area contributed by atoms with Gasteiger partial charge >= 0.3 is 0 Å². The van der Waals surface area contributed by atoms with Crippen LogP contribution in [0.5, 0.6) is 0 Å². The number of hydrogen-bond donors (Lipinski definition) is 0. The molecule has 1 nitrogen and oxygen atoms in total. The van der Waals surface area contributed by atoms with Gasteiger partial charge < -0.3 is 0 Å². The second kappa shape index (κ2) is 6.16. The molecule has 0 amide bonds. The molecule has 0 atom stereocenters. The van der Waals surface area contributed by atoms with E-state index in [9.17, 15) is 9.18 Å². The summed E-state index contributed by atoms with van der Waals surface area (Å²) in [4.78, 5) is 13.4. The van der Waals surface area contributed by atoms with E-state index in [-0.39, 0.29) is 11.6 Å². The van der Waals surface area contributed by atoms with Crippen molar-refractivity contribution in [3.8, 4) is 0 Å². The average Bonchev–Trinajstić information content (AvgIpc) is 2.41. The Hall–Kier alpha value is -1.13. The van der Waals surface area contributed by atoms with Crippen molar-refractivity contribution in [1.29, 1.82) is 0 Å². The maximum Gasteiger partial charge on any atom is 0.173 e. The summed E-state index contributed by atoms with van der Waals surface area (Å²) in [7, 11) is 0. The van der Waals surface area contributed by atoms with Gasteiger partial charge in [0, 0.05) is 15.4 Å². The zero-order valence-electron chi connectivity index (χ0n) is 9.40. The Morgan fingerprint density at radius 3 is 2.00 bits per heavy atom. The minimum Gasteiger partial charge on any atom is -0.293 e. The summed E-state index contributed by atoms with van der Waals surface area (Å²) in [6.45, 7) is 0. The van der Waals surface area contributed by atoms with Gasteiger partial charge in [-0.2, -0.15) is 0 Å². The molecule has 0 heterocycles. The summed E-state index contributed by atoms with van der Waals surface area (Å²) >= 11 is 4.67. The number of halogens is 2. The van der Waals surface area contributed by atoms with Crippen LogP contribution in [0.25, 0.3) is 0 Å². The van der Waals surface area contributed by atoms with Crippen molar-refractivity contribution in [2.45, 2.75) is 9.79 Å². The van der Waals surface area contributed by atoms with Gasteiger partial charge in [0.2, 0.25) is 0 Å². The summed E-state index contributed by atoms with van der Waals surface area (Å²) in [5.41, 5.74) is 0.690. The zero-order valence-corrected chi connectivity index (χ0v) is 11.8. The largest absolute Gasteiger partial charge is 0.293 e. The molecule has 0 aromatic heterocycles. The molecule has 2 aromatic carbocycles. The Bertz CT molecular complexity index is 537. The summed E-state index contributed by atoms with van der Waals surface area (Å²) in [5.74, 6) is -0.175. The third-order valence-electron chi connectivity index (χ3n) is 2.35. The van der Waals surface area contributed by atoms with Gasteiger partial charge in [-0.3, -0.25) is 4.79 Å². The van der Waals surface area contributed by atoms with Crippen LogP contribution in [0, 0.1) is 5.82 Å². The Morgan fingerprint density at radius 2 is 1.50 bits per heavy atom. The standard InChI is InChI=1S/C14H10BrFOS/c15-9-14(17)10-1-5-12(6-2-10)18-13-7-3-11(16)4-8-13/h1-8H,9H2. The van der Waals surface area contributed by atoms with Crippen LogP contribution in [0.2, 0.25) is 0 Å². The van der Waals surface area contributed by atoms with Gasteiger partial charge in [-0.15, -0.1) is 0 Å². The first-order chi connectivity index (χ1) is 8.69.